The highest BCUT2D eigenvalue weighted by Gasteiger charge is 2.52. The maximum atomic E-state index is 14.3. The third kappa shape index (κ3) is 5.48. The summed E-state index contributed by atoms with van der Waals surface area (Å²) in [5, 5.41) is 14.4. The van der Waals surface area contributed by atoms with E-state index in [0.29, 0.717) is 11.7 Å². The van der Waals surface area contributed by atoms with Crippen LogP contribution in [-0.2, 0) is 29.1 Å². The number of benzene rings is 3. The Kier molecular flexibility index (Phi) is 7.73. The minimum absolute atomic E-state index is 0.0502. The van der Waals surface area contributed by atoms with Crippen molar-refractivity contribution in [1.82, 2.24) is 40.3 Å². The fourth-order valence-electron chi connectivity index (χ4n) is 6.32. The topological polar surface area (TPSA) is 144 Å². The number of carbonyl (C=O) groups excluding carboxylic acids is 3. The van der Waals surface area contributed by atoms with Crippen LogP contribution in [0.2, 0.25) is 0 Å². The molecule has 0 radical (unpaired) electrons. The van der Waals surface area contributed by atoms with Crippen molar-refractivity contribution in [2.75, 3.05) is 25.4 Å². The number of anilines is 1. The number of para-hydroxylation sites is 1. The summed E-state index contributed by atoms with van der Waals surface area (Å²) in [5.74, 6) is 2.13. The van der Waals surface area contributed by atoms with E-state index in [2.05, 4.69) is 26.4 Å². The molecule has 13 heteroatoms. The Morgan fingerprint density at radius 3 is 2.80 bits per heavy atom. The lowest BCUT2D eigenvalue weighted by Gasteiger charge is -2.46. The van der Waals surface area contributed by atoms with E-state index in [9.17, 15) is 14.4 Å². The minimum Gasteiger partial charge on any atom is -0.375 e. The number of hydrazine groups is 1. The standard InChI is InChI=1S/C33H31N9O3S/c1-2-13-40(33(45)35-16-21-7-4-3-5-8-21)41-20-29(43)42-26(15-22-11-12-25-24(14-22)17-36-38-25)31(44)39(19-28(41)42)18-23-9-6-10-27-30(23)37-32(34)46-27/h1,3-12,14,17,26,28H,13,15-16,18-20H2,(H2,34,37)(H,35,45)(H,36,38)/t26-,28+/m0/s1. The smallest absolute Gasteiger partial charge is 0.333 e. The number of nitrogen functional groups attached to an aromatic ring is 1. The van der Waals surface area contributed by atoms with Gasteiger partial charge >= 0.3 is 6.03 Å². The van der Waals surface area contributed by atoms with Crippen LogP contribution in [0.3, 0.4) is 0 Å². The summed E-state index contributed by atoms with van der Waals surface area (Å²) >= 11 is 1.39. The number of rotatable bonds is 8. The molecular weight excluding hydrogens is 602 g/mol. The molecule has 4 amide bonds. The van der Waals surface area contributed by atoms with Gasteiger partial charge in [0.2, 0.25) is 11.8 Å². The van der Waals surface area contributed by atoms with Crippen molar-refractivity contribution in [3.05, 3.63) is 89.6 Å². The molecule has 3 aromatic carbocycles. The molecule has 46 heavy (non-hydrogen) atoms. The van der Waals surface area contributed by atoms with Gasteiger partial charge < -0.3 is 20.9 Å². The maximum Gasteiger partial charge on any atom is 0.333 e. The average Bonchev–Trinajstić information content (AvgIpc) is 3.77. The lowest BCUT2D eigenvalue weighted by molar-refractivity contribution is -0.157. The minimum atomic E-state index is -0.805. The molecule has 232 valence electrons. The first-order valence-corrected chi connectivity index (χ1v) is 15.7. The van der Waals surface area contributed by atoms with Gasteiger partial charge in [0.25, 0.3) is 0 Å². The van der Waals surface area contributed by atoms with Crippen LogP contribution < -0.4 is 11.1 Å². The molecule has 2 saturated heterocycles. The van der Waals surface area contributed by atoms with E-state index in [4.69, 9.17) is 12.2 Å². The summed E-state index contributed by atoms with van der Waals surface area (Å²) in [6, 6.07) is 19.9. The fourth-order valence-corrected chi connectivity index (χ4v) is 7.10. The molecule has 12 nitrogen and oxygen atoms in total. The first-order chi connectivity index (χ1) is 22.4. The number of carbonyl (C=O) groups is 3. The van der Waals surface area contributed by atoms with Gasteiger partial charge in [0.05, 0.1) is 41.6 Å². The number of thiazole rings is 1. The molecule has 2 aromatic heterocycles. The molecule has 7 rings (SSSR count). The van der Waals surface area contributed by atoms with Gasteiger partial charge in [0.15, 0.2) is 5.13 Å². The largest absolute Gasteiger partial charge is 0.375 e. The summed E-state index contributed by atoms with van der Waals surface area (Å²) in [7, 11) is 0. The summed E-state index contributed by atoms with van der Waals surface area (Å²) in [6.07, 6.45) is 7.12. The van der Waals surface area contributed by atoms with Crippen molar-refractivity contribution >= 4 is 55.4 Å². The number of aromatic amines is 1. The number of nitrogens with zero attached hydrogens (tertiary/aromatic N) is 6. The molecule has 4 N–H and O–H groups in total. The average molecular weight is 634 g/mol. The van der Waals surface area contributed by atoms with E-state index >= 15 is 0 Å². The Hall–Kier alpha value is -5.45. The Balaban J connectivity index is 1.22. The maximum absolute atomic E-state index is 14.3. The van der Waals surface area contributed by atoms with Gasteiger partial charge in [-0.1, -0.05) is 65.8 Å². The van der Waals surface area contributed by atoms with Crippen LogP contribution in [-0.4, -0.2) is 84.7 Å². The predicted molar refractivity (Wildman–Crippen MR) is 175 cm³/mol. The molecule has 0 spiro atoms. The summed E-state index contributed by atoms with van der Waals surface area (Å²) in [4.78, 5) is 49.5. The Morgan fingerprint density at radius 2 is 1.98 bits per heavy atom. The molecule has 4 heterocycles. The molecule has 0 bridgehead atoms. The lowest BCUT2D eigenvalue weighted by Crippen LogP contribution is -2.66. The number of hydrogen-bond donors (Lipinski definition) is 3. The molecular formula is C33H31N9O3S. The second-order valence-corrected chi connectivity index (χ2v) is 12.4. The molecule has 2 aliphatic rings. The Bertz CT molecular complexity index is 1980. The number of piperazine rings is 1. The van der Waals surface area contributed by atoms with Gasteiger partial charge in [0, 0.05) is 24.9 Å². The van der Waals surface area contributed by atoms with E-state index < -0.39 is 18.2 Å². The van der Waals surface area contributed by atoms with Crippen LogP contribution in [0.1, 0.15) is 16.7 Å². The number of urea groups is 1. The molecule has 0 unspecified atom stereocenters. The highest BCUT2D eigenvalue weighted by molar-refractivity contribution is 7.22. The highest BCUT2D eigenvalue weighted by Crippen LogP contribution is 2.32. The molecule has 2 fully saturated rings. The number of terminal acetylenes is 1. The molecule has 2 atom stereocenters. The van der Waals surface area contributed by atoms with Crippen LogP contribution >= 0.6 is 11.3 Å². The monoisotopic (exact) mass is 633 g/mol. The third-order valence-corrected chi connectivity index (χ3v) is 9.30. The zero-order valence-electron chi connectivity index (χ0n) is 24.8. The lowest BCUT2D eigenvalue weighted by atomic mass is 9.99. The summed E-state index contributed by atoms with van der Waals surface area (Å²) in [6.45, 7) is 0.581. The summed E-state index contributed by atoms with van der Waals surface area (Å²) in [5.41, 5.74) is 10.3. The number of hydrogen-bond acceptors (Lipinski definition) is 8. The van der Waals surface area contributed by atoms with Crippen LogP contribution in [0.15, 0.2) is 72.9 Å². The zero-order valence-corrected chi connectivity index (χ0v) is 25.6. The highest BCUT2D eigenvalue weighted by atomic mass is 32.1. The predicted octanol–water partition coefficient (Wildman–Crippen LogP) is 2.94. The van der Waals surface area contributed by atoms with Gasteiger partial charge in [-0.25, -0.2) is 14.8 Å². The van der Waals surface area contributed by atoms with Gasteiger partial charge in [-0.15, -0.1) is 6.42 Å². The number of nitrogens with one attached hydrogen (secondary N) is 2. The van der Waals surface area contributed by atoms with Crippen molar-refractivity contribution in [2.45, 2.75) is 31.7 Å². The number of amides is 4. The first kappa shape index (κ1) is 29.3. The first-order valence-electron chi connectivity index (χ1n) is 14.8. The van der Waals surface area contributed by atoms with E-state index in [1.165, 1.54) is 16.3 Å². The van der Waals surface area contributed by atoms with E-state index in [-0.39, 0.29) is 44.4 Å². The number of aromatic nitrogens is 3. The van der Waals surface area contributed by atoms with Gasteiger partial charge in [-0.3, -0.25) is 14.7 Å². The van der Waals surface area contributed by atoms with Crippen LogP contribution in [0.4, 0.5) is 9.93 Å². The molecule has 5 aromatic rings. The van der Waals surface area contributed by atoms with Crippen molar-refractivity contribution in [2.24, 2.45) is 0 Å². The number of fused-ring (bicyclic) bond motifs is 3. The number of nitrogens with two attached hydrogens (primary N) is 1. The number of H-pyrrole nitrogens is 1. The SMILES string of the molecule is C#CCN(C(=O)NCc1ccccc1)N1CC(=O)N2[C@@H](Cc3ccc4[nH]ncc4c3)C(=O)N(Cc3cccc4sc(N)nc34)C[C@@H]21. The van der Waals surface area contributed by atoms with Crippen molar-refractivity contribution in [3.63, 3.8) is 0 Å². The van der Waals surface area contributed by atoms with Crippen LogP contribution in [0.25, 0.3) is 21.1 Å². The molecule has 2 aliphatic heterocycles. The molecule has 0 aliphatic carbocycles. The van der Waals surface area contributed by atoms with Gasteiger partial charge in [-0.2, -0.15) is 10.1 Å². The van der Waals surface area contributed by atoms with Gasteiger partial charge in [0.1, 0.15) is 12.2 Å². The second kappa shape index (κ2) is 12.2. The third-order valence-electron chi connectivity index (χ3n) is 8.45. The van der Waals surface area contributed by atoms with Crippen LogP contribution in [0.5, 0.6) is 0 Å². The van der Waals surface area contributed by atoms with E-state index in [1.54, 1.807) is 21.0 Å². The van der Waals surface area contributed by atoms with Crippen molar-refractivity contribution in [1.29, 1.82) is 0 Å². The second-order valence-electron chi connectivity index (χ2n) is 11.3. The Labute approximate surface area is 268 Å². The van der Waals surface area contributed by atoms with Gasteiger partial charge in [-0.05, 0) is 34.9 Å². The molecule has 0 saturated carbocycles. The quantitative estimate of drug-likeness (QED) is 0.223. The fraction of sp³-hybridized carbons (Fsp3) is 0.242. The van der Waals surface area contributed by atoms with E-state index in [0.717, 1.165) is 37.8 Å². The normalized spacial score (nSPS) is 18.2. The van der Waals surface area contributed by atoms with Crippen molar-refractivity contribution < 1.29 is 14.4 Å². The van der Waals surface area contributed by atoms with E-state index in [1.807, 2.05) is 66.7 Å². The summed E-state index contributed by atoms with van der Waals surface area (Å²) < 4.78 is 0.930. The van der Waals surface area contributed by atoms with Crippen molar-refractivity contribution in [3.8, 4) is 12.3 Å². The van der Waals surface area contributed by atoms with Crippen LogP contribution in [0, 0.1) is 12.3 Å². The Morgan fingerprint density at radius 1 is 1.13 bits per heavy atom. The zero-order chi connectivity index (χ0) is 31.8.